The highest BCUT2D eigenvalue weighted by atomic mass is 35.5. The molecule has 0 saturated carbocycles. The van der Waals surface area contributed by atoms with E-state index in [1.165, 1.54) is 19.2 Å². The van der Waals surface area contributed by atoms with Crippen molar-refractivity contribution >= 4 is 29.1 Å². The van der Waals surface area contributed by atoms with E-state index in [1.807, 2.05) is 0 Å². The molecule has 33 heavy (non-hydrogen) atoms. The summed E-state index contributed by atoms with van der Waals surface area (Å²) in [5.41, 5.74) is 1.04. The van der Waals surface area contributed by atoms with Crippen molar-refractivity contribution in [3.05, 3.63) is 53.4 Å². The molecule has 0 spiro atoms. The van der Waals surface area contributed by atoms with Crippen LogP contribution in [-0.4, -0.2) is 53.3 Å². The van der Waals surface area contributed by atoms with E-state index in [0.29, 0.717) is 33.6 Å². The van der Waals surface area contributed by atoms with Gasteiger partial charge < -0.3 is 14.0 Å². The van der Waals surface area contributed by atoms with E-state index in [2.05, 4.69) is 20.5 Å². The van der Waals surface area contributed by atoms with Crippen molar-refractivity contribution in [1.82, 2.24) is 15.1 Å². The summed E-state index contributed by atoms with van der Waals surface area (Å²) in [6.45, 7) is 0.0109. The standard InChI is InChI=1S/C21H17ClN6O5/c1-31-14-7-6-13(9-15(14)32-2)28-20(29)17-18(21(28)30)27(26-24-17)10-16-23-19(25-33-16)11-4-3-5-12(22)8-11/h3-9,17-18H,10H2,1-2H3/t17-,18-/m1/s1. The van der Waals surface area contributed by atoms with E-state index >= 15 is 0 Å². The molecule has 168 valence electrons. The molecule has 2 aliphatic rings. The molecule has 0 N–H and O–H groups in total. The maximum Gasteiger partial charge on any atom is 0.263 e. The molecule has 0 unspecified atom stereocenters. The Morgan fingerprint density at radius 2 is 1.88 bits per heavy atom. The van der Waals surface area contributed by atoms with Crippen molar-refractivity contribution in [3.8, 4) is 22.9 Å². The summed E-state index contributed by atoms with van der Waals surface area (Å²) in [6.07, 6.45) is 0. The van der Waals surface area contributed by atoms with Crippen LogP contribution < -0.4 is 14.4 Å². The lowest BCUT2D eigenvalue weighted by Gasteiger charge is -2.20. The van der Waals surface area contributed by atoms with Crippen LogP contribution in [0.1, 0.15) is 5.89 Å². The number of hydrogen-bond donors (Lipinski definition) is 0. The summed E-state index contributed by atoms with van der Waals surface area (Å²) in [4.78, 5) is 31.6. The average molecular weight is 469 g/mol. The van der Waals surface area contributed by atoms with Gasteiger partial charge in [-0.3, -0.25) is 14.6 Å². The predicted molar refractivity (Wildman–Crippen MR) is 115 cm³/mol. The first-order valence-electron chi connectivity index (χ1n) is 9.86. The summed E-state index contributed by atoms with van der Waals surface area (Å²) in [6, 6.07) is 9.95. The van der Waals surface area contributed by atoms with Crippen LogP contribution >= 0.6 is 11.6 Å². The molecule has 0 radical (unpaired) electrons. The summed E-state index contributed by atoms with van der Waals surface area (Å²) < 4.78 is 15.8. The maximum absolute atomic E-state index is 13.2. The molecule has 0 bridgehead atoms. The first-order valence-corrected chi connectivity index (χ1v) is 10.2. The zero-order chi connectivity index (χ0) is 23.1. The van der Waals surface area contributed by atoms with E-state index in [-0.39, 0.29) is 12.4 Å². The van der Waals surface area contributed by atoms with Crippen molar-refractivity contribution in [2.75, 3.05) is 19.1 Å². The molecule has 2 atom stereocenters. The Kier molecular flexibility index (Phi) is 5.17. The van der Waals surface area contributed by atoms with E-state index in [0.717, 1.165) is 4.90 Å². The van der Waals surface area contributed by atoms with Crippen LogP contribution in [0, 0.1) is 0 Å². The van der Waals surface area contributed by atoms with Crippen molar-refractivity contribution in [2.45, 2.75) is 18.6 Å². The lowest BCUT2D eigenvalue weighted by atomic mass is 10.1. The number of fused-ring (bicyclic) bond motifs is 1. The van der Waals surface area contributed by atoms with Gasteiger partial charge in [0.05, 0.1) is 19.9 Å². The monoisotopic (exact) mass is 468 g/mol. The number of hydrogen-bond acceptors (Lipinski definition) is 10. The van der Waals surface area contributed by atoms with Gasteiger partial charge in [-0.25, -0.2) is 4.90 Å². The lowest BCUT2D eigenvalue weighted by molar-refractivity contribution is -0.123. The maximum atomic E-state index is 13.2. The summed E-state index contributed by atoms with van der Waals surface area (Å²) in [5, 5.41) is 13.9. The Hall–Kier alpha value is -3.99. The number of nitrogens with zero attached hydrogens (tertiary/aromatic N) is 6. The molecule has 1 fully saturated rings. The van der Waals surface area contributed by atoms with Gasteiger partial charge in [-0.1, -0.05) is 34.1 Å². The minimum atomic E-state index is -0.957. The fraction of sp³-hybridized carbons (Fsp3) is 0.238. The molecule has 3 heterocycles. The molecular weight excluding hydrogens is 452 g/mol. The van der Waals surface area contributed by atoms with Gasteiger partial charge in [0, 0.05) is 16.7 Å². The third kappa shape index (κ3) is 3.55. The number of anilines is 1. The molecule has 12 heteroatoms. The highest BCUT2D eigenvalue weighted by Gasteiger charge is 2.55. The fourth-order valence-electron chi connectivity index (χ4n) is 3.77. The minimum absolute atomic E-state index is 0.0109. The first kappa shape index (κ1) is 20.9. The van der Waals surface area contributed by atoms with Crippen molar-refractivity contribution < 1.29 is 23.6 Å². The van der Waals surface area contributed by atoms with Crippen LogP contribution in [0.3, 0.4) is 0 Å². The molecule has 5 rings (SSSR count). The van der Waals surface area contributed by atoms with Crippen molar-refractivity contribution in [2.24, 2.45) is 10.3 Å². The van der Waals surface area contributed by atoms with Crippen LogP contribution in [-0.2, 0) is 16.1 Å². The van der Waals surface area contributed by atoms with Crippen molar-refractivity contribution in [3.63, 3.8) is 0 Å². The van der Waals surface area contributed by atoms with E-state index in [9.17, 15) is 9.59 Å². The second kappa shape index (κ2) is 8.17. The Labute approximate surface area is 192 Å². The van der Waals surface area contributed by atoms with E-state index in [4.69, 9.17) is 25.6 Å². The Morgan fingerprint density at radius 1 is 1.06 bits per heavy atom. The molecule has 2 amide bonds. The number of imide groups is 1. The number of halogens is 1. The van der Waals surface area contributed by atoms with Crippen LogP contribution in [0.15, 0.2) is 57.3 Å². The normalized spacial score (nSPS) is 19.4. The first-order chi connectivity index (χ1) is 16.0. The highest BCUT2D eigenvalue weighted by molar-refractivity contribution is 6.30. The second-order valence-electron chi connectivity index (χ2n) is 7.27. The Balaban J connectivity index is 1.37. The molecule has 3 aromatic rings. The Morgan fingerprint density at radius 3 is 2.64 bits per heavy atom. The third-order valence-corrected chi connectivity index (χ3v) is 5.57. The second-order valence-corrected chi connectivity index (χ2v) is 7.70. The van der Waals surface area contributed by atoms with Gasteiger partial charge in [-0.05, 0) is 24.3 Å². The highest BCUT2D eigenvalue weighted by Crippen LogP contribution is 2.37. The smallest absolute Gasteiger partial charge is 0.263 e. The lowest BCUT2D eigenvalue weighted by Crippen LogP contribution is -2.39. The van der Waals surface area contributed by atoms with Gasteiger partial charge >= 0.3 is 0 Å². The van der Waals surface area contributed by atoms with Gasteiger partial charge in [0.2, 0.25) is 11.7 Å². The summed E-state index contributed by atoms with van der Waals surface area (Å²) in [7, 11) is 2.98. The topological polar surface area (TPSA) is 123 Å². The zero-order valence-corrected chi connectivity index (χ0v) is 18.3. The largest absolute Gasteiger partial charge is 0.493 e. The Bertz CT molecular complexity index is 1280. The number of amides is 2. The quantitative estimate of drug-likeness (QED) is 0.506. The molecule has 11 nitrogen and oxygen atoms in total. The third-order valence-electron chi connectivity index (χ3n) is 5.33. The summed E-state index contributed by atoms with van der Waals surface area (Å²) in [5.74, 6) is 0.500. The van der Waals surface area contributed by atoms with Gasteiger partial charge in [-0.15, -0.1) is 0 Å². The molecule has 2 aliphatic heterocycles. The molecule has 1 saturated heterocycles. The zero-order valence-electron chi connectivity index (χ0n) is 17.5. The average Bonchev–Trinajstić information content (AvgIpc) is 3.51. The minimum Gasteiger partial charge on any atom is -0.493 e. The van der Waals surface area contributed by atoms with Crippen LogP contribution in [0.2, 0.25) is 5.02 Å². The summed E-state index contributed by atoms with van der Waals surface area (Å²) >= 11 is 6.02. The van der Waals surface area contributed by atoms with Crippen molar-refractivity contribution in [1.29, 1.82) is 0 Å². The molecular formula is C21H17ClN6O5. The predicted octanol–water partition coefficient (Wildman–Crippen LogP) is 2.90. The number of benzene rings is 2. The van der Waals surface area contributed by atoms with Crippen LogP contribution in [0.4, 0.5) is 5.69 Å². The molecule has 0 aliphatic carbocycles. The number of methoxy groups -OCH3 is 2. The molecule has 2 aromatic carbocycles. The SMILES string of the molecule is COc1ccc(N2C(=O)[C@@H]3N=NN(Cc4nc(-c5cccc(Cl)c5)no4)[C@H]3C2=O)cc1OC. The van der Waals surface area contributed by atoms with Gasteiger partial charge in [0.1, 0.15) is 6.54 Å². The number of aromatic nitrogens is 2. The number of rotatable bonds is 6. The van der Waals surface area contributed by atoms with Gasteiger partial charge in [-0.2, -0.15) is 10.1 Å². The fourth-order valence-corrected chi connectivity index (χ4v) is 3.97. The van der Waals surface area contributed by atoms with Gasteiger partial charge in [0.15, 0.2) is 23.6 Å². The number of ether oxygens (including phenoxy) is 2. The van der Waals surface area contributed by atoms with Gasteiger partial charge in [0.25, 0.3) is 11.8 Å². The van der Waals surface area contributed by atoms with E-state index in [1.54, 1.807) is 42.5 Å². The van der Waals surface area contributed by atoms with E-state index < -0.39 is 23.9 Å². The molecule has 1 aromatic heterocycles. The van der Waals surface area contributed by atoms with Crippen LogP contribution in [0.25, 0.3) is 11.4 Å². The number of carbonyl (C=O) groups is 2. The van der Waals surface area contributed by atoms with Crippen LogP contribution in [0.5, 0.6) is 11.5 Å². The number of carbonyl (C=O) groups excluding carboxylic acids is 2.